The molecule has 0 radical (unpaired) electrons. The van der Waals surface area contributed by atoms with Gasteiger partial charge < -0.3 is 24.8 Å². The fraction of sp³-hybridized carbons (Fsp3) is 0.250. The van der Waals surface area contributed by atoms with Gasteiger partial charge in [0.15, 0.2) is 0 Å². The first-order chi connectivity index (χ1) is 13.1. The van der Waals surface area contributed by atoms with E-state index in [1.807, 2.05) is 12.2 Å². The van der Waals surface area contributed by atoms with Crippen LogP contribution < -0.4 is 24.8 Å². The molecular weight excluding hydrogens is 610 g/mol. The summed E-state index contributed by atoms with van der Waals surface area (Å²) < 4.78 is 4.06. The van der Waals surface area contributed by atoms with Crippen molar-refractivity contribution in [3.63, 3.8) is 0 Å². The SMILES string of the molecule is Brc1ccc2[cH-]c3ccc(Br)cc3c2c1.[C-]1=CC=CC1.[Cl-].[Cl-].[Zr+2]=[C]1CCCCC1. The van der Waals surface area contributed by atoms with Crippen molar-refractivity contribution in [2.24, 2.45) is 0 Å². The number of allylic oxidation sites excluding steroid dienone is 4. The quantitative estimate of drug-likeness (QED) is 0.334. The third kappa shape index (κ3) is 8.62. The second kappa shape index (κ2) is 14.2. The Labute approximate surface area is 218 Å². The minimum absolute atomic E-state index is 0. The van der Waals surface area contributed by atoms with Crippen molar-refractivity contribution in [1.82, 2.24) is 0 Å². The average molecular weight is 632 g/mol. The zero-order valence-electron chi connectivity index (χ0n) is 16.0. The van der Waals surface area contributed by atoms with Crippen molar-refractivity contribution in [3.8, 4) is 0 Å². The van der Waals surface area contributed by atoms with Gasteiger partial charge in [0.05, 0.1) is 0 Å². The van der Waals surface area contributed by atoms with Gasteiger partial charge in [-0.05, 0) is 0 Å². The molecule has 0 nitrogen and oxygen atoms in total. The molecule has 0 unspecified atom stereocenters. The first-order valence-electron chi connectivity index (χ1n) is 9.36. The summed E-state index contributed by atoms with van der Waals surface area (Å²) >= 11 is 8.71. The Hall–Kier alpha value is 0.0831. The zero-order valence-corrected chi connectivity index (χ0v) is 23.2. The van der Waals surface area contributed by atoms with Gasteiger partial charge in [-0.15, -0.1) is 46.2 Å². The predicted molar refractivity (Wildman–Crippen MR) is 122 cm³/mol. The van der Waals surface area contributed by atoms with Gasteiger partial charge in [0, 0.05) is 8.95 Å². The molecule has 0 atom stereocenters. The number of benzene rings is 2. The van der Waals surface area contributed by atoms with Crippen LogP contribution in [0.1, 0.15) is 38.5 Å². The summed E-state index contributed by atoms with van der Waals surface area (Å²) in [6.45, 7) is 0. The fourth-order valence-corrected chi connectivity index (χ4v) is 4.85. The van der Waals surface area contributed by atoms with Crippen LogP contribution in [-0.2, 0) is 24.2 Å². The monoisotopic (exact) mass is 628 g/mol. The van der Waals surface area contributed by atoms with Crippen LogP contribution in [0.15, 0.2) is 69.6 Å². The van der Waals surface area contributed by atoms with Gasteiger partial charge in [-0.1, -0.05) is 56.1 Å². The van der Waals surface area contributed by atoms with Crippen LogP contribution in [-0.4, -0.2) is 3.21 Å². The summed E-state index contributed by atoms with van der Waals surface area (Å²) in [5.41, 5.74) is 0. The van der Waals surface area contributed by atoms with Crippen molar-refractivity contribution in [2.75, 3.05) is 0 Å². The fourth-order valence-electron chi connectivity index (χ4n) is 3.26. The maximum atomic E-state index is 3.51. The molecule has 2 aliphatic carbocycles. The molecule has 29 heavy (non-hydrogen) atoms. The summed E-state index contributed by atoms with van der Waals surface area (Å²) in [5.74, 6) is 0. The van der Waals surface area contributed by atoms with Gasteiger partial charge in [0.1, 0.15) is 0 Å². The van der Waals surface area contributed by atoms with Crippen molar-refractivity contribution in [1.29, 1.82) is 0 Å². The molecule has 1 saturated carbocycles. The molecule has 0 amide bonds. The molecule has 0 aliphatic heterocycles. The van der Waals surface area contributed by atoms with Crippen LogP contribution in [0.25, 0.3) is 21.5 Å². The minimum atomic E-state index is 0. The van der Waals surface area contributed by atoms with Crippen LogP contribution in [0.4, 0.5) is 0 Å². The van der Waals surface area contributed by atoms with Gasteiger partial charge in [-0.3, -0.25) is 6.08 Å². The summed E-state index contributed by atoms with van der Waals surface area (Å²) in [5, 5.41) is 5.21. The first-order valence-corrected chi connectivity index (χ1v) is 12.2. The molecule has 3 aromatic carbocycles. The van der Waals surface area contributed by atoms with Crippen molar-refractivity contribution < 1.29 is 49.0 Å². The van der Waals surface area contributed by atoms with E-state index < -0.39 is 0 Å². The van der Waals surface area contributed by atoms with Crippen molar-refractivity contribution in [2.45, 2.75) is 38.5 Å². The topological polar surface area (TPSA) is 0 Å². The summed E-state index contributed by atoms with van der Waals surface area (Å²) in [4.78, 5) is 0. The summed E-state index contributed by atoms with van der Waals surface area (Å²) in [6.07, 6.45) is 17.3. The average Bonchev–Trinajstić information content (AvgIpc) is 3.35. The normalized spacial score (nSPS) is 14.4. The molecule has 0 N–H and O–H groups in total. The molecule has 0 heterocycles. The van der Waals surface area contributed by atoms with E-state index in [0.29, 0.717) is 0 Å². The second-order valence-corrected chi connectivity index (χ2v) is 10.3. The molecule has 5 rings (SSSR count). The Morgan fingerprint density at radius 1 is 0.828 bits per heavy atom. The van der Waals surface area contributed by atoms with Crippen LogP contribution in [0, 0.1) is 6.08 Å². The van der Waals surface area contributed by atoms with Crippen LogP contribution in [0.2, 0.25) is 0 Å². The predicted octanol–water partition coefficient (Wildman–Crippen LogP) is 2.22. The number of hydrogen-bond acceptors (Lipinski definition) is 0. The molecule has 152 valence electrons. The molecule has 0 bridgehead atoms. The summed E-state index contributed by atoms with van der Waals surface area (Å²) in [7, 11) is 0. The van der Waals surface area contributed by atoms with E-state index in [-0.39, 0.29) is 24.8 Å². The molecule has 5 heteroatoms. The number of hydrogen-bond donors (Lipinski definition) is 0. The second-order valence-electron chi connectivity index (χ2n) is 6.77. The molecule has 0 spiro atoms. The molecule has 1 fully saturated rings. The molecule has 2 aliphatic rings. The molecular formula is C24H22Br2Cl2Zr-2. The van der Waals surface area contributed by atoms with E-state index >= 15 is 0 Å². The van der Waals surface area contributed by atoms with Crippen LogP contribution in [0.3, 0.4) is 0 Å². The molecule has 3 aromatic rings. The van der Waals surface area contributed by atoms with Gasteiger partial charge in [-0.25, -0.2) is 12.2 Å². The van der Waals surface area contributed by atoms with E-state index in [4.69, 9.17) is 0 Å². The zero-order chi connectivity index (χ0) is 19.1. The van der Waals surface area contributed by atoms with Gasteiger partial charge in [-0.2, -0.15) is 6.08 Å². The Kier molecular flexibility index (Phi) is 13.3. The van der Waals surface area contributed by atoms with Gasteiger partial charge >= 0.3 is 59.5 Å². The molecule has 0 saturated heterocycles. The van der Waals surface area contributed by atoms with Crippen molar-refractivity contribution >= 4 is 56.6 Å². The maximum absolute atomic E-state index is 3.51. The number of rotatable bonds is 0. The number of halogens is 4. The first kappa shape index (κ1) is 27.1. The van der Waals surface area contributed by atoms with E-state index in [1.54, 1.807) is 27.4 Å². The number of fused-ring (bicyclic) bond motifs is 3. The Morgan fingerprint density at radius 2 is 1.38 bits per heavy atom. The summed E-state index contributed by atoms with van der Waals surface area (Å²) in [6, 6.07) is 15.0. The van der Waals surface area contributed by atoms with E-state index in [0.717, 1.165) is 15.4 Å². The third-order valence-corrected chi connectivity index (χ3v) is 6.89. The standard InChI is InChI=1S/C13H7Br2.C6H10.C5H5.2ClH.Zr/c14-10-3-1-8-5-9-2-4-11(15)7-13(9)12(8)6-10;1-2-4-6-5-3-1;1-2-4-5-3-1;;;/h1-7H;1-5H2;1-3H,4H2;2*1H;/q-1;;-1;;;+2/p-2. The Bertz CT molecular complexity index is 915. The van der Waals surface area contributed by atoms with Crippen LogP contribution >= 0.6 is 31.9 Å². The van der Waals surface area contributed by atoms with Gasteiger partial charge in [0.2, 0.25) is 0 Å². The molecule has 0 aromatic heterocycles. The third-order valence-electron chi connectivity index (χ3n) is 4.67. The van der Waals surface area contributed by atoms with Crippen molar-refractivity contribution in [3.05, 3.63) is 75.7 Å². The Balaban J connectivity index is 0.000000252. The van der Waals surface area contributed by atoms with Crippen LogP contribution in [0.5, 0.6) is 0 Å². The van der Waals surface area contributed by atoms with E-state index in [1.165, 1.54) is 53.6 Å². The van der Waals surface area contributed by atoms with Gasteiger partial charge in [0.25, 0.3) is 0 Å². The van der Waals surface area contributed by atoms with E-state index in [9.17, 15) is 0 Å². The van der Waals surface area contributed by atoms with E-state index in [2.05, 4.69) is 86.5 Å². The Morgan fingerprint density at radius 3 is 1.72 bits per heavy atom.